The second kappa shape index (κ2) is 4.90. The Bertz CT molecular complexity index is 687. The van der Waals surface area contributed by atoms with Gasteiger partial charge >= 0.3 is 0 Å². The molecule has 0 saturated heterocycles. The summed E-state index contributed by atoms with van der Waals surface area (Å²) in [5.41, 5.74) is 5.32. The minimum atomic E-state index is 0.946. The number of aryl methyl sites for hydroxylation is 1. The number of aromatic amines is 1. The molecular weight excluding hydrogens is 254 g/mol. The Morgan fingerprint density at radius 3 is 2.32 bits per heavy atom. The second-order valence-electron chi connectivity index (χ2n) is 4.35. The third-order valence-electron chi connectivity index (χ3n) is 3.06. The Hall–Kier alpha value is -2.07. The number of pyridine rings is 1. The van der Waals surface area contributed by atoms with E-state index in [0.29, 0.717) is 0 Å². The molecule has 0 aliphatic carbocycles. The number of benzene rings is 1. The van der Waals surface area contributed by atoms with E-state index in [9.17, 15) is 0 Å². The Kier molecular flexibility index (Phi) is 3.09. The van der Waals surface area contributed by atoms with Gasteiger partial charge in [0.25, 0.3) is 0 Å². The predicted molar refractivity (Wildman–Crippen MR) is 79.2 cm³/mol. The van der Waals surface area contributed by atoms with Crippen LogP contribution in [0.4, 0.5) is 0 Å². The maximum absolute atomic E-state index is 4.42. The van der Waals surface area contributed by atoms with Crippen molar-refractivity contribution in [2.75, 3.05) is 0 Å². The van der Waals surface area contributed by atoms with Gasteiger partial charge in [-0.15, -0.1) is 12.6 Å². The zero-order valence-corrected chi connectivity index (χ0v) is 11.4. The van der Waals surface area contributed by atoms with Gasteiger partial charge in [-0.25, -0.2) is 0 Å². The Morgan fingerprint density at radius 2 is 1.63 bits per heavy atom. The molecule has 0 unspecified atom stereocenters. The van der Waals surface area contributed by atoms with Gasteiger partial charge in [-0.3, -0.25) is 10.1 Å². The number of hydrogen-bond acceptors (Lipinski definition) is 3. The number of thiol groups is 1. The maximum atomic E-state index is 4.42. The standard InChI is InChI=1S/C15H13N3S/c1-10-14(11-6-8-16-9-7-11)15(18-17-10)12-2-4-13(19)5-3-12/h2-9,19H,1H3,(H,17,18). The third kappa shape index (κ3) is 2.27. The minimum absolute atomic E-state index is 0.946. The van der Waals surface area contributed by atoms with E-state index in [1.165, 1.54) is 0 Å². The molecule has 3 nitrogen and oxygen atoms in total. The quantitative estimate of drug-likeness (QED) is 0.695. The molecule has 3 rings (SSSR count). The van der Waals surface area contributed by atoms with Crippen molar-refractivity contribution in [2.45, 2.75) is 11.8 Å². The first-order valence-corrected chi connectivity index (χ1v) is 6.45. The summed E-state index contributed by atoms with van der Waals surface area (Å²) in [5.74, 6) is 0. The van der Waals surface area contributed by atoms with Crippen molar-refractivity contribution in [3.8, 4) is 22.4 Å². The first-order chi connectivity index (χ1) is 9.25. The van der Waals surface area contributed by atoms with Gasteiger partial charge in [0.05, 0.1) is 0 Å². The molecule has 4 heteroatoms. The number of nitrogens with zero attached hydrogens (tertiary/aromatic N) is 2. The highest BCUT2D eigenvalue weighted by atomic mass is 32.1. The molecule has 2 heterocycles. The number of hydrogen-bond donors (Lipinski definition) is 2. The van der Waals surface area contributed by atoms with Crippen LogP contribution in [0.2, 0.25) is 0 Å². The van der Waals surface area contributed by atoms with Gasteiger partial charge < -0.3 is 0 Å². The van der Waals surface area contributed by atoms with Crippen LogP contribution in [-0.2, 0) is 0 Å². The smallest absolute Gasteiger partial charge is 0.100 e. The van der Waals surface area contributed by atoms with E-state index in [1.807, 2.05) is 43.3 Å². The van der Waals surface area contributed by atoms with Crippen LogP contribution >= 0.6 is 12.6 Å². The van der Waals surface area contributed by atoms with Gasteiger partial charge in [0.2, 0.25) is 0 Å². The molecule has 1 aromatic carbocycles. The van der Waals surface area contributed by atoms with E-state index in [0.717, 1.165) is 33.0 Å². The number of nitrogens with one attached hydrogen (secondary N) is 1. The van der Waals surface area contributed by atoms with Crippen LogP contribution in [0.3, 0.4) is 0 Å². The van der Waals surface area contributed by atoms with Crippen molar-refractivity contribution in [2.24, 2.45) is 0 Å². The molecule has 0 aliphatic heterocycles. The molecule has 0 spiro atoms. The van der Waals surface area contributed by atoms with Crippen molar-refractivity contribution in [1.29, 1.82) is 0 Å². The fourth-order valence-electron chi connectivity index (χ4n) is 2.13. The first-order valence-electron chi connectivity index (χ1n) is 6.00. The van der Waals surface area contributed by atoms with E-state index < -0.39 is 0 Å². The van der Waals surface area contributed by atoms with Crippen LogP contribution in [0.25, 0.3) is 22.4 Å². The van der Waals surface area contributed by atoms with Crippen LogP contribution in [0, 0.1) is 6.92 Å². The Labute approximate surface area is 117 Å². The van der Waals surface area contributed by atoms with Gasteiger partial charge in [0, 0.05) is 34.1 Å². The predicted octanol–water partition coefficient (Wildman–Crippen LogP) is 3.74. The SMILES string of the molecule is Cc1[nH]nc(-c2ccc(S)cc2)c1-c1ccncc1. The first kappa shape index (κ1) is 12.0. The van der Waals surface area contributed by atoms with Crippen LogP contribution in [0.5, 0.6) is 0 Å². The minimum Gasteiger partial charge on any atom is -0.282 e. The van der Waals surface area contributed by atoms with Crippen LogP contribution in [0.1, 0.15) is 5.69 Å². The van der Waals surface area contributed by atoms with Crippen molar-refractivity contribution in [1.82, 2.24) is 15.2 Å². The molecular formula is C15H13N3S. The van der Waals surface area contributed by atoms with Gasteiger partial charge in [-0.05, 0) is 36.8 Å². The van der Waals surface area contributed by atoms with E-state index in [4.69, 9.17) is 0 Å². The normalized spacial score (nSPS) is 10.6. The van der Waals surface area contributed by atoms with Gasteiger partial charge in [0.15, 0.2) is 0 Å². The van der Waals surface area contributed by atoms with Gasteiger partial charge in [0.1, 0.15) is 5.69 Å². The molecule has 0 atom stereocenters. The maximum Gasteiger partial charge on any atom is 0.100 e. The van der Waals surface area contributed by atoms with Crippen molar-refractivity contribution in [3.05, 3.63) is 54.5 Å². The lowest BCUT2D eigenvalue weighted by atomic mass is 10.0. The Balaban J connectivity index is 2.16. The summed E-state index contributed by atoms with van der Waals surface area (Å²) in [5, 5.41) is 7.48. The van der Waals surface area contributed by atoms with Crippen LogP contribution in [0.15, 0.2) is 53.7 Å². The molecule has 0 saturated carbocycles. The van der Waals surface area contributed by atoms with Crippen LogP contribution < -0.4 is 0 Å². The van der Waals surface area contributed by atoms with E-state index >= 15 is 0 Å². The fraction of sp³-hybridized carbons (Fsp3) is 0.0667. The fourth-order valence-corrected chi connectivity index (χ4v) is 2.28. The molecule has 0 fully saturated rings. The molecule has 1 N–H and O–H groups in total. The van der Waals surface area contributed by atoms with Crippen molar-refractivity contribution < 1.29 is 0 Å². The van der Waals surface area contributed by atoms with Gasteiger partial charge in [-0.2, -0.15) is 5.10 Å². The molecule has 0 radical (unpaired) electrons. The summed E-state index contributed by atoms with van der Waals surface area (Å²) in [6, 6.07) is 12.0. The summed E-state index contributed by atoms with van der Waals surface area (Å²) < 4.78 is 0. The molecule has 19 heavy (non-hydrogen) atoms. The van der Waals surface area contributed by atoms with E-state index in [-0.39, 0.29) is 0 Å². The van der Waals surface area contributed by atoms with Crippen molar-refractivity contribution >= 4 is 12.6 Å². The van der Waals surface area contributed by atoms with Crippen LogP contribution in [-0.4, -0.2) is 15.2 Å². The van der Waals surface area contributed by atoms with Gasteiger partial charge in [-0.1, -0.05) is 12.1 Å². The molecule has 3 aromatic rings. The highest BCUT2D eigenvalue weighted by molar-refractivity contribution is 7.80. The van der Waals surface area contributed by atoms with Crippen molar-refractivity contribution in [3.63, 3.8) is 0 Å². The van der Waals surface area contributed by atoms with E-state index in [1.54, 1.807) is 12.4 Å². The highest BCUT2D eigenvalue weighted by Gasteiger charge is 2.13. The third-order valence-corrected chi connectivity index (χ3v) is 3.36. The molecule has 0 amide bonds. The zero-order chi connectivity index (χ0) is 13.2. The monoisotopic (exact) mass is 267 g/mol. The lowest BCUT2D eigenvalue weighted by Crippen LogP contribution is -1.84. The Morgan fingerprint density at radius 1 is 0.947 bits per heavy atom. The molecule has 94 valence electrons. The summed E-state index contributed by atoms with van der Waals surface area (Å²) in [4.78, 5) is 5.00. The molecule has 0 aliphatic rings. The topological polar surface area (TPSA) is 41.6 Å². The summed E-state index contributed by atoms with van der Waals surface area (Å²) in [6.45, 7) is 2.03. The lowest BCUT2D eigenvalue weighted by molar-refractivity contribution is 1.05. The average molecular weight is 267 g/mol. The summed E-state index contributed by atoms with van der Waals surface area (Å²) in [7, 11) is 0. The highest BCUT2D eigenvalue weighted by Crippen LogP contribution is 2.32. The largest absolute Gasteiger partial charge is 0.282 e. The average Bonchev–Trinajstić information content (AvgIpc) is 2.82. The summed E-state index contributed by atoms with van der Waals surface area (Å²) in [6.07, 6.45) is 3.59. The molecule has 0 bridgehead atoms. The number of aromatic nitrogens is 3. The van der Waals surface area contributed by atoms with E-state index in [2.05, 4.69) is 27.8 Å². The second-order valence-corrected chi connectivity index (χ2v) is 4.87. The number of rotatable bonds is 2. The zero-order valence-electron chi connectivity index (χ0n) is 10.5. The lowest BCUT2D eigenvalue weighted by Gasteiger charge is -2.04. The number of H-pyrrole nitrogens is 1. The summed E-state index contributed by atoms with van der Waals surface area (Å²) >= 11 is 4.31. The molecule has 2 aromatic heterocycles.